The van der Waals surface area contributed by atoms with E-state index in [9.17, 15) is 5.11 Å². The second kappa shape index (κ2) is 3.45. The van der Waals surface area contributed by atoms with E-state index in [1.54, 1.807) is 25.1 Å². The smallest absolute Gasteiger partial charge is 0.143 e. The molecule has 3 N–H and O–H groups in total. The van der Waals surface area contributed by atoms with Crippen molar-refractivity contribution in [1.82, 2.24) is 0 Å². The van der Waals surface area contributed by atoms with Crippen molar-refractivity contribution in [3.63, 3.8) is 0 Å². The van der Waals surface area contributed by atoms with E-state index in [1.807, 2.05) is 0 Å². The van der Waals surface area contributed by atoms with Gasteiger partial charge in [0.05, 0.1) is 10.7 Å². The molecule has 0 fully saturated rings. The van der Waals surface area contributed by atoms with Crippen LogP contribution in [0.3, 0.4) is 0 Å². The maximum atomic E-state index is 9.43. The van der Waals surface area contributed by atoms with Crippen LogP contribution in [0.1, 0.15) is 12.5 Å². The van der Waals surface area contributed by atoms with Gasteiger partial charge in [0, 0.05) is 5.56 Å². The zero-order valence-electron chi connectivity index (χ0n) is 6.58. The maximum Gasteiger partial charge on any atom is 0.143 e. The van der Waals surface area contributed by atoms with Crippen molar-refractivity contribution in [2.75, 3.05) is 0 Å². The Balaban J connectivity index is 3.26. The highest BCUT2D eigenvalue weighted by Crippen LogP contribution is 2.26. The van der Waals surface area contributed by atoms with Gasteiger partial charge in [0.2, 0.25) is 0 Å². The molecule has 0 amide bonds. The van der Waals surface area contributed by atoms with E-state index < -0.39 is 0 Å². The highest BCUT2D eigenvalue weighted by atomic mass is 35.5. The van der Waals surface area contributed by atoms with E-state index in [4.69, 9.17) is 17.4 Å². The molecule has 0 bridgehead atoms. The van der Waals surface area contributed by atoms with Gasteiger partial charge in [-0.3, -0.25) is 0 Å². The molecule has 1 aromatic rings. The summed E-state index contributed by atoms with van der Waals surface area (Å²) >= 11 is 5.67. The number of phenolic OH excluding ortho intramolecular Hbond substituents is 1. The van der Waals surface area contributed by atoms with Crippen molar-refractivity contribution < 1.29 is 5.11 Å². The van der Waals surface area contributed by atoms with Crippen molar-refractivity contribution in [2.45, 2.75) is 6.92 Å². The van der Waals surface area contributed by atoms with Gasteiger partial charge in [0.25, 0.3) is 0 Å². The summed E-state index contributed by atoms with van der Waals surface area (Å²) in [4.78, 5) is 0. The summed E-state index contributed by atoms with van der Waals surface area (Å²) in [6.45, 7) is 1.70. The van der Waals surface area contributed by atoms with Gasteiger partial charge < -0.3 is 10.9 Å². The number of hydrogen-bond donors (Lipinski definition) is 2. The lowest BCUT2D eigenvalue weighted by Gasteiger charge is -2.03. The van der Waals surface area contributed by atoms with Crippen LogP contribution in [0.2, 0.25) is 5.02 Å². The van der Waals surface area contributed by atoms with Gasteiger partial charge in [0.1, 0.15) is 5.75 Å². The summed E-state index contributed by atoms with van der Waals surface area (Å²) in [5.41, 5.74) is 1.11. The second-order valence-corrected chi connectivity index (χ2v) is 2.76. The topological polar surface area (TPSA) is 58.6 Å². The third-order valence-corrected chi connectivity index (χ3v) is 1.88. The summed E-state index contributed by atoms with van der Waals surface area (Å²) in [5.74, 6) is 5.08. The SMILES string of the molecule is CC(=NN)c1cccc(Cl)c1O. The Bertz CT molecular complexity index is 323. The molecule has 12 heavy (non-hydrogen) atoms. The largest absolute Gasteiger partial charge is 0.506 e. The molecule has 0 unspecified atom stereocenters. The number of nitrogens with two attached hydrogens (primary N) is 1. The number of hydrogen-bond acceptors (Lipinski definition) is 3. The molecule has 0 atom stereocenters. The maximum absolute atomic E-state index is 9.43. The molecule has 0 aliphatic carbocycles. The fourth-order valence-electron chi connectivity index (χ4n) is 0.877. The van der Waals surface area contributed by atoms with Gasteiger partial charge >= 0.3 is 0 Å². The Morgan fingerprint density at radius 1 is 1.58 bits per heavy atom. The Labute approximate surface area is 75.5 Å². The second-order valence-electron chi connectivity index (χ2n) is 2.35. The van der Waals surface area contributed by atoms with E-state index >= 15 is 0 Å². The van der Waals surface area contributed by atoms with Crippen molar-refractivity contribution in [1.29, 1.82) is 0 Å². The number of halogens is 1. The molecule has 1 aromatic carbocycles. The molecule has 0 heterocycles. The van der Waals surface area contributed by atoms with Gasteiger partial charge in [-0.2, -0.15) is 5.10 Å². The first-order valence-electron chi connectivity index (χ1n) is 3.39. The lowest BCUT2D eigenvalue weighted by molar-refractivity contribution is 0.474. The first kappa shape index (κ1) is 8.87. The molecule has 0 aliphatic heterocycles. The molecule has 3 nitrogen and oxygen atoms in total. The first-order chi connectivity index (χ1) is 5.66. The van der Waals surface area contributed by atoms with Gasteiger partial charge in [0.15, 0.2) is 0 Å². The van der Waals surface area contributed by atoms with Crippen LogP contribution in [-0.4, -0.2) is 10.8 Å². The molecular weight excluding hydrogens is 176 g/mol. The standard InChI is InChI=1S/C8H9ClN2O/c1-5(11-10)6-3-2-4-7(9)8(6)12/h2-4,12H,10H2,1H3. The van der Waals surface area contributed by atoms with Gasteiger partial charge in [-0.1, -0.05) is 17.7 Å². The third-order valence-electron chi connectivity index (χ3n) is 1.57. The number of phenols is 1. The van der Waals surface area contributed by atoms with Crippen molar-refractivity contribution in [3.05, 3.63) is 28.8 Å². The molecular formula is C8H9ClN2O. The van der Waals surface area contributed by atoms with Crippen LogP contribution in [0.25, 0.3) is 0 Å². The van der Waals surface area contributed by atoms with Crippen LogP contribution in [0.4, 0.5) is 0 Å². The molecule has 0 aromatic heterocycles. The van der Waals surface area contributed by atoms with Crippen molar-refractivity contribution in [3.8, 4) is 5.75 Å². The number of nitrogens with zero attached hydrogens (tertiary/aromatic N) is 1. The molecule has 0 spiro atoms. The fourth-order valence-corrected chi connectivity index (χ4v) is 1.05. The number of hydrazone groups is 1. The van der Waals surface area contributed by atoms with Crippen molar-refractivity contribution >= 4 is 17.3 Å². The number of para-hydroxylation sites is 1. The molecule has 0 radical (unpaired) electrons. The molecule has 1 rings (SSSR count). The predicted octanol–water partition coefficient (Wildman–Crippen LogP) is 1.73. The average molecular weight is 185 g/mol. The van der Waals surface area contributed by atoms with Crippen molar-refractivity contribution in [2.24, 2.45) is 10.9 Å². The summed E-state index contributed by atoms with van der Waals surface area (Å²) in [6.07, 6.45) is 0. The van der Waals surface area contributed by atoms with Crippen LogP contribution >= 0.6 is 11.6 Å². The summed E-state index contributed by atoms with van der Waals surface area (Å²) in [6, 6.07) is 5.03. The lowest BCUT2D eigenvalue weighted by atomic mass is 10.1. The Hall–Kier alpha value is -1.22. The molecule has 0 saturated carbocycles. The summed E-state index contributed by atoms with van der Waals surface area (Å²) in [5, 5.41) is 13.2. The normalized spacial score (nSPS) is 11.7. The first-order valence-corrected chi connectivity index (χ1v) is 3.77. The van der Waals surface area contributed by atoms with Crippen LogP contribution < -0.4 is 5.84 Å². The van der Waals surface area contributed by atoms with Crippen LogP contribution in [0.5, 0.6) is 5.75 Å². The minimum Gasteiger partial charge on any atom is -0.506 e. The average Bonchev–Trinajstić information content (AvgIpc) is 2.08. The highest BCUT2D eigenvalue weighted by Gasteiger charge is 2.06. The molecule has 0 saturated heterocycles. The quantitative estimate of drug-likeness (QED) is 0.397. The van der Waals surface area contributed by atoms with E-state index in [2.05, 4.69) is 5.10 Å². The van der Waals surface area contributed by atoms with E-state index in [-0.39, 0.29) is 5.75 Å². The zero-order chi connectivity index (χ0) is 9.14. The van der Waals surface area contributed by atoms with Crippen LogP contribution in [0.15, 0.2) is 23.3 Å². The zero-order valence-corrected chi connectivity index (χ0v) is 7.34. The Kier molecular flexibility index (Phi) is 2.55. The van der Waals surface area contributed by atoms with E-state index in [0.717, 1.165) is 0 Å². The number of benzene rings is 1. The summed E-state index contributed by atoms with van der Waals surface area (Å²) < 4.78 is 0. The highest BCUT2D eigenvalue weighted by molar-refractivity contribution is 6.32. The minimum absolute atomic E-state index is 0.0193. The van der Waals surface area contributed by atoms with E-state index in [1.165, 1.54) is 0 Å². The van der Waals surface area contributed by atoms with Gasteiger partial charge in [-0.15, -0.1) is 0 Å². The van der Waals surface area contributed by atoms with E-state index in [0.29, 0.717) is 16.3 Å². The monoisotopic (exact) mass is 184 g/mol. The molecule has 0 aliphatic rings. The van der Waals surface area contributed by atoms with Crippen LogP contribution in [-0.2, 0) is 0 Å². The number of rotatable bonds is 1. The Morgan fingerprint density at radius 2 is 2.25 bits per heavy atom. The van der Waals surface area contributed by atoms with Crippen LogP contribution in [0, 0.1) is 0 Å². The van der Waals surface area contributed by atoms with Gasteiger partial charge in [-0.05, 0) is 19.1 Å². The molecule has 4 heteroatoms. The lowest BCUT2D eigenvalue weighted by Crippen LogP contribution is -1.98. The number of aromatic hydroxyl groups is 1. The predicted molar refractivity (Wildman–Crippen MR) is 49.5 cm³/mol. The minimum atomic E-state index is 0.0193. The Morgan fingerprint density at radius 3 is 2.83 bits per heavy atom. The molecule has 64 valence electrons. The van der Waals surface area contributed by atoms with Gasteiger partial charge in [-0.25, -0.2) is 0 Å². The summed E-state index contributed by atoms with van der Waals surface area (Å²) in [7, 11) is 0. The third kappa shape index (κ3) is 1.51. The fraction of sp³-hybridized carbons (Fsp3) is 0.125.